The summed E-state index contributed by atoms with van der Waals surface area (Å²) in [5, 5.41) is 3.64. The van der Waals surface area contributed by atoms with Crippen LogP contribution in [0.5, 0.6) is 0 Å². The molecule has 0 saturated carbocycles. The van der Waals surface area contributed by atoms with Gasteiger partial charge in [0.2, 0.25) is 0 Å². The van der Waals surface area contributed by atoms with Crippen molar-refractivity contribution in [3.63, 3.8) is 0 Å². The zero-order chi connectivity index (χ0) is 18.4. The van der Waals surface area contributed by atoms with Crippen molar-refractivity contribution in [2.24, 2.45) is 0 Å². The predicted octanol–water partition coefficient (Wildman–Crippen LogP) is 6.06. The van der Waals surface area contributed by atoms with Crippen molar-refractivity contribution >= 4 is 26.5 Å². The summed E-state index contributed by atoms with van der Waals surface area (Å²) in [7, 11) is -0.0175. The normalized spacial score (nSPS) is 29.6. The standard InChI is InChI=1S/C23H33NP2/c1-16-10-9-15-25(16)22-19(4)24(21-11-7-6-8-12-21)20(5)23(22)26-17(2)13-14-18(26)3/h6-8,11-12,16-18H,9-10,13-15H2,1-5H3/t16-,17-,18-,25?/m1/s1. The van der Waals surface area contributed by atoms with Crippen molar-refractivity contribution in [3.8, 4) is 5.69 Å². The third-order valence-electron chi connectivity index (χ3n) is 6.65. The van der Waals surface area contributed by atoms with Crippen LogP contribution in [0.25, 0.3) is 5.69 Å². The molecule has 2 fully saturated rings. The fourth-order valence-corrected chi connectivity index (χ4v) is 12.6. The van der Waals surface area contributed by atoms with Crippen molar-refractivity contribution in [1.82, 2.24) is 4.57 Å². The van der Waals surface area contributed by atoms with Crippen molar-refractivity contribution < 1.29 is 0 Å². The van der Waals surface area contributed by atoms with Gasteiger partial charge in [-0.3, -0.25) is 0 Å². The van der Waals surface area contributed by atoms with Crippen LogP contribution in [0.4, 0.5) is 0 Å². The first-order valence-corrected chi connectivity index (χ1v) is 13.4. The summed E-state index contributed by atoms with van der Waals surface area (Å²) in [4.78, 5) is 0. The highest BCUT2D eigenvalue weighted by atomic mass is 31.1. The number of rotatable bonds is 3. The highest BCUT2D eigenvalue weighted by molar-refractivity contribution is 7.73. The molecular formula is C23H33NP2. The molecule has 1 aromatic carbocycles. The Labute approximate surface area is 162 Å². The van der Waals surface area contributed by atoms with Gasteiger partial charge in [0.15, 0.2) is 0 Å². The minimum Gasteiger partial charge on any atom is -0.317 e. The second-order valence-corrected chi connectivity index (χ2v) is 14.1. The molecule has 2 aliphatic heterocycles. The van der Waals surface area contributed by atoms with Crippen LogP contribution in [0.1, 0.15) is 57.8 Å². The van der Waals surface area contributed by atoms with Crippen LogP contribution in [-0.2, 0) is 0 Å². The van der Waals surface area contributed by atoms with Gasteiger partial charge >= 0.3 is 0 Å². The van der Waals surface area contributed by atoms with Crippen LogP contribution in [-0.4, -0.2) is 27.7 Å². The zero-order valence-electron chi connectivity index (χ0n) is 17.0. The minimum atomic E-state index is -0.0298. The van der Waals surface area contributed by atoms with Gasteiger partial charge in [0, 0.05) is 27.7 Å². The lowest BCUT2D eigenvalue weighted by molar-refractivity contribution is 0.777. The quantitative estimate of drug-likeness (QED) is 0.566. The Bertz CT molecular complexity index is 769. The Morgan fingerprint density at radius 3 is 2.00 bits per heavy atom. The van der Waals surface area contributed by atoms with Crippen molar-refractivity contribution in [3.05, 3.63) is 41.7 Å². The Morgan fingerprint density at radius 2 is 1.42 bits per heavy atom. The van der Waals surface area contributed by atoms with Gasteiger partial charge in [0.25, 0.3) is 0 Å². The molecule has 0 amide bonds. The molecular weight excluding hydrogens is 352 g/mol. The van der Waals surface area contributed by atoms with E-state index in [1.165, 1.54) is 37.5 Å². The monoisotopic (exact) mass is 385 g/mol. The van der Waals surface area contributed by atoms with E-state index in [2.05, 4.69) is 69.5 Å². The van der Waals surface area contributed by atoms with E-state index in [-0.39, 0.29) is 15.8 Å². The molecule has 0 spiro atoms. The van der Waals surface area contributed by atoms with Crippen molar-refractivity contribution in [2.45, 2.75) is 77.3 Å². The van der Waals surface area contributed by atoms with Crippen LogP contribution < -0.4 is 10.6 Å². The SMILES string of the molecule is Cc1c(P2CCC[C@H]2C)c(P2[C@H](C)CC[C@H]2C)c(C)n1-c1ccccc1. The third kappa shape index (κ3) is 3.00. The predicted molar refractivity (Wildman–Crippen MR) is 120 cm³/mol. The first-order valence-electron chi connectivity index (χ1n) is 10.3. The van der Waals surface area contributed by atoms with Gasteiger partial charge in [0.05, 0.1) is 0 Å². The lowest BCUT2D eigenvalue weighted by Crippen LogP contribution is -2.27. The fourth-order valence-electron chi connectivity index (χ4n) is 5.32. The molecule has 1 unspecified atom stereocenters. The van der Waals surface area contributed by atoms with Gasteiger partial charge in [0.1, 0.15) is 0 Å². The molecule has 140 valence electrons. The van der Waals surface area contributed by atoms with E-state index in [1.54, 1.807) is 11.4 Å². The Kier molecular flexibility index (Phi) is 5.33. The fraction of sp³-hybridized carbons (Fsp3) is 0.565. The van der Waals surface area contributed by atoms with E-state index in [0.29, 0.717) is 0 Å². The van der Waals surface area contributed by atoms with Crippen LogP contribution in [0.2, 0.25) is 0 Å². The van der Waals surface area contributed by atoms with Crippen LogP contribution in [0, 0.1) is 13.8 Å². The summed E-state index contributed by atoms with van der Waals surface area (Å²) in [6, 6.07) is 11.1. The summed E-state index contributed by atoms with van der Waals surface area (Å²) in [6.07, 6.45) is 7.17. The molecule has 4 atom stereocenters. The molecule has 0 N–H and O–H groups in total. The van der Waals surface area contributed by atoms with E-state index in [0.717, 1.165) is 17.0 Å². The topological polar surface area (TPSA) is 4.93 Å². The molecule has 2 aliphatic rings. The van der Waals surface area contributed by atoms with Gasteiger partial charge < -0.3 is 4.57 Å². The Hall–Kier alpha value is -0.640. The van der Waals surface area contributed by atoms with E-state index in [4.69, 9.17) is 0 Å². The molecule has 0 bridgehead atoms. The number of hydrogen-bond acceptors (Lipinski definition) is 0. The van der Waals surface area contributed by atoms with Gasteiger partial charge in [-0.25, -0.2) is 0 Å². The molecule has 1 nitrogen and oxygen atoms in total. The highest BCUT2D eigenvalue weighted by Crippen LogP contribution is 2.58. The van der Waals surface area contributed by atoms with Crippen molar-refractivity contribution in [1.29, 1.82) is 0 Å². The van der Waals surface area contributed by atoms with Crippen molar-refractivity contribution in [2.75, 3.05) is 6.16 Å². The number of para-hydroxylation sites is 1. The Morgan fingerprint density at radius 1 is 0.808 bits per heavy atom. The lowest BCUT2D eigenvalue weighted by Gasteiger charge is -2.27. The first kappa shape index (κ1) is 18.7. The number of nitrogens with zero attached hydrogens (tertiary/aromatic N) is 1. The molecule has 0 radical (unpaired) electrons. The van der Waals surface area contributed by atoms with Gasteiger partial charge in [-0.1, -0.05) is 54.8 Å². The average Bonchev–Trinajstić information content (AvgIpc) is 3.26. The number of aromatic nitrogens is 1. The van der Waals surface area contributed by atoms with Gasteiger partial charge in [-0.2, -0.15) is 0 Å². The summed E-state index contributed by atoms with van der Waals surface area (Å²) < 4.78 is 2.60. The zero-order valence-corrected chi connectivity index (χ0v) is 18.8. The maximum absolute atomic E-state index is 2.60. The molecule has 26 heavy (non-hydrogen) atoms. The summed E-state index contributed by atoms with van der Waals surface area (Å²) in [6.45, 7) is 12.4. The molecule has 0 aliphatic carbocycles. The van der Waals surface area contributed by atoms with Crippen LogP contribution in [0.3, 0.4) is 0 Å². The highest BCUT2D eigenvalue weighted by Gasteiger charge is 2.39. The summed E-state index contributed by atoms with van der Waals surface area (Å²) >= 11 is 0. The molecule has 2 aromatic rings. The van der Waals surface area contributed by atoms with E-state index >= 15 is 0 Å². The Balaban J connectivity index is 1.94. The summed E-state index contributed by atoms with van der Waals surface area (Å²) in [5.74, 6) is 0. The molecule has 2 saturated heterocycles. The third-order valence-corrected chi connectivity index (χ3v) is 13.5. The summed E-state index contributed by atoms with van der Waals surface area (Å²) in [5.41, 5.74) is 7.13. The smallest absolute Gasteiger partial charge is 0.0455 e. The van der Waals surface area contributed by atoms with E-state index in [9.17, 15) is 0 Å². The van der Waals surface area contributed by atoms with Gasteiger partial charge in [-0.15, -0.1) is 0 Å². The average molecular weight is 385 g/mol. The lowest BCUT2D eigenvalue weighted by atomic mass is 10.2. The molecule has 4 rings (SSSR count). The van der Waals surface area contributed by atoms with Crippen LogP contribution in [0.15, 0.2) is 30.3 Å². The second-order valence-electron chi connectivity index (χ2n) is 8.41. The molecule has 3 heteroatoms. The molecule has 3 heterocycles. The second kappa shape index (κ2) is 7.41. The number of hydrogen-bond donors (Lipinski definition) is 0. The van der Waals surface area contributed by atoms with Gasteiger partial charge in [-0.05, 0) is 74.8 Å². The van der Waals surface area contributed by atoms with E-state index < -0.39 is 0 Å². The largest absolute Gasteiger partial charge is 0.317 e. The molecule has 1 aromatic heterocycles. The maximum atomic E-state index is 2.60. The minimum absolute atomic E-state index is 0.0123. The van der Waals surface area contributed by atoms with E-state index in [1.807, 2.05) is 10.6 Å². The first-order chi connectivity index (χ1) is 12.5. The van der Waals surface area contributed by atoms with Crippen LogP contribution >= 0.6 is 15.8 Å². The maximum Gasteiger partial charge on any atom is 0.0455 e. The number of benzene rings is 1.